The number of rotatable bonds is 10. The number of halogens is 1. The Balaban J connectivity index is 1.36. The van der Waals surface area contributed by atoms with Crippen LogP contribution >= 0.6 is 11.8 Å². The van der Waals surface area contributed by atoms with Gasteiger partial charge in [-0.3, -0.25) is 24.1 Å². The molecule has 2 N–H and O–H groups in total. The van der Waals surface area contributed by atoms with Crippen LogP contribution in [-0.4, -0.2) is 48.1 Å². The van der Waals surface area contributed by atoms with Crippen molar-refractivity contribution in [1.29, 1.82) is 0 Å². The molecule has 11 heteroatoms. The fraction of sp³-hybridized carbons (Fsp3) is 0.172. The van der Waals surface area contributed by atoms with Crippen molar-refractivity contribution in [3.05, 3.63) is 88.6 Å². The molecule has 40 heavy (non-hydrogen) atoms. The molecular weight excluding hydrogens is 537 g/mol. The van der Waals surface area contributed by atoms with E-state index in [-0.39, 0.29) is 17.4 Å². The normalized spacial score (nSPS) is 13.9. The summed E-state index contributed by atoms with van der Waals surface area (Å²) >= 11 is 0.706. The van der Waals surface area contributed by atoms with Gasteiger partial charge in [-0.1, -0.05) is 25.1 Å². The molecule has 0 radical (unpaired) electrons. The van der Waals surface area contributed by atoms with Crippen LogP contribution in [0.15, 0.2) is 71.6 Å². The summed E-state index contributed by atoms with van der Waals surface area (Å²) in [6.07, 6.45) is 2.41. The molecule has 0 bridgehead atoms. The van der Waals surface area contributed by atoms with Crippen molar-refractivity contribution in [1.82, 2.24) is 4.90 Å². The molecule has 0 saturated carbocycles. The topological polar surface area (TPSA) is 114 Å². The number of thioether (sulfide) groups is 1. The maximum atomic E-state index is 13.1. The molecule has 1 saturated heterocycles. The molecule has 4 amide bonds. The SMILES string of the molecule is CCc1ccc(NC(=O)COc2ccc(/C=C3\SC(=O)N(CC(=O)Nc4ccc(F)cc4)C3=O)cc2OC)cc1. The number of nitrogens with zero attached hydrogens (tertiary/aromatic N) is 1. The van der Waals surface area contributed by atoms with Gasteiger partial charge in [0.2, 0.25) is 5.91 Å². The van der Waals surface area contributed by atoms with Crippen molar-refractivity contribution in [2.75, 3.05) is 30.9 Å². The minimum Gasteiger partial charge on any atom is -0.493 e. The first-order valence-electron chi connectivity index (χ1n) is 12.3. The summed E-state index contributed by atoms with van der Waals surface area (Å²) in [6.45, 7) is 1.32. The largest absolute Gasteiger partial charge is 0.493 e. The third-order valence-electron chi connectivity index (χ3n) is 5.79. The van der Waals surface area contributed by atoms with E-state index >= 15 is 0 Å². The number of hydrogen-bond acceptors (Lipinski definition) is 7. The minimum atomic E-state index is -0.618. The Labute approximate surface area is 234 Å². The fourth-order valence-electron chi connectivity index (χ4n) is 3.72. The van der Waals surface area contributed by atoms with Gasteiger partial charge in [-0.05, 0) is 83.9 Å². The second-order valence-electron chi connectivity index (χ2n) is 8.62. The van der Waals surface area contributed by atoms with Gasteiger partial charge in [0.15, 0.2) is 18.1 Å². The molecule has 1 aliphatic heterocycles. The van der Waals surface area contributed by atoms with Crippen molar-refractivity contribution >= 4 is 52.2 Å². The lowest BCUT2D eigenvalue weighted by atomic mass is 10.1. The van der Waals surface area contributed by atoms with E-state index in [2.05, 4.69) is 17.6 Å². The summed E-state index contributed by atoms with van der Waals surface area (Å²) in [7, 11) is 1.44. The highest BCUT2D eigenvalue weighted by atomic mass is 32.2. The number of anilines is 2. The van der Waals surface area contributed by atoms with Crippen molar-refractivity contribution in [2.45, 2.75) is 13.3 Å². The van der Waals surface area contributed by atoms with Gasteiger partial charge in [0.1, 0.15) is 12.4 Å². The molecular formula is C29H26FN3O6S. The Morgan fingerprint density at radius 2 is 1.57 bits per heavy atom. The minimum absolute atomic E-state index is 0.128. The number of imide groups is 1. The van der Waals surface area contributed by atoms with E-state index in [1.165, 1.54) is 37.5 Å². The average Bonchev–Trinajstić information content (AvgIpc) is 3.21. The number of hydrogen-bond donors (Lipinski definition) is 2. The Morgan fingerprint density at radius 1 is 0.925 bits per heavy atom. The Hall–Kier alpha value is -4.64. The second-order valence-corrected chi connectivity index (χ2v) is 9.61. The van der Waals surface area contributed by atoms with Crippen LogP contribution in [0.5, 0.6) is 11.5 Å². The standard InChI is InChI=1S/C29H26FN3O6S/c1-3-18-4-9-21(10-5-18)32-27(35)17-39-23-13-6-19(14-24(23)38-2)15-25-28(36)33(29(37)40-25)16-26(34)31-22-11-7-20(30)8-12-22/h4-15H,3,16-17H2,1-2H3,(H,31,34)(H,32,35)/b25-15-. The lowest BCUT2D eigenvalue weighted by Gasteiger charge is -2.13. The number of carbonyl (C=O) groups excluding carboxylic acids is 4. The van der Waals surface area contributed by atoms with Gasteiger partial charge < -0.3 is 20.1 Å². The first-order chi connectivity index (χ1) is 19.2. The predicted octanol–water partition coefficient (Wildman–Crippen LogP) is 5.09. The number of aryl methyl sites for hydroxylation is 1. The maximum absolute atomic E-state index is 13.1. The molecule has 9 nitrogen and oxygen atoms in total. The average molecular weight is 564 g/mol. The molecule has 1 fully saturated rings. The number of amides is 4. The van der Waals surface area contributed by atoms with E-state index in [1.54, 1.807) is 18.2 Å². The van der Waals surface area contributed by atoms with Crippen molar-refractivity contribution in [2.24, 2.45) is 0 Å². The summed E-state index contributed by atoms with van der Waals surface area (Å²) in [5, 5.41) is 4.70. The number of nitrogens with one attached hydrogen (secondary N) is 2. The van der Waals surface area contributed by atoms with E-state index in [0.717, 1.165) is 16.9 Å². The zero-order valence-corrected chi connectivity index (χ0v) is 22.5. The van der Waals surface area contributed by atoms with Gasteiger partial charge in [-0.2, -0.15) is 0 Å². The predicted molar refractivity (Wildman–Crippen MR) is 151 cm³/mol. The molecule has 0 atom stereocenters. The molecule has 0 aliphatic carbocycles. The highest BCUT2D eigenvalue weighted by Gasteiger charge is 2.36. The van der Waals surface area contributed by atoms with Crippen molar-refractivity contribution in [3.63, 3.8) is 0 Å². The maximum Gasteiger partial charge on any atom is 0.294 e. The van der Waals surface area contributed by atoms with Gasteiger partial charge in [0.05, 0.1) is 12.0 Å². The van der Waals surface area contributed by atoms with Gasteiger partial charge in [0, 0.05) is 11.4 Å². The zero-order valence-electron chi connectivity index (χ0n) is 21.7. The van der Waals surface area contributed by atoms with E-state index in [9.17, 15) is 23.6 Å². The Morgan fingerprint density at radius 3 is 2.23 bits per heavy atom. The van der Waals surface area contributed by atoms with E-state index in [0.29, 0.717) is 40.2 Å². The molecule has 0 aromatic heterocycles. The molecule has 206 valence electrons. The molecule has 1 heterocycles. The number of methoxy groups -OCH3 is 1. The van der Waals surface area contributed by atoms with E-state index in [1.807, 2.05) is 24.3 Å². The number of carbonyl (C=O) groups is 4. The summed E-state index contributed by atoms with van der Waals surface area (Å²) in [5.74, 6) is -1.36. The second kappa shape index (κ2) is 12.9. The van der Waals surface area contributed by atoms with Crippen molar-refractivity contribution in [3.8, 4) is 11.5 Å². The molecule has 3 aromatic carbocycles. The molecule has 0 spiro atoms. The highest BCUT2D eigenvalue weighted by Crippen LogP contribution is 2.34. The molecule has 3 aromatic rings. The van der Waals surface area contributed by atoms with Crippen LogP contribution in [0.2, 0.25) is 0 Å². The zero-order chi connectivity index (χ0) is 28.6. The Bertz CT molecular complexity index is 1460. The quantitative estimate of drug-likeness (QED) is 0.330. The highest BCUT2D eigenvalue weighted by molar-refractivity contribution is 8.18. The van der Waals surface area contributed by atoms with Crippen LogP contribution in [-0.2, 0) is 20.8 Å². The van der Waals surface area contributed by atoms with Crippen LogP contribution in [0.3, 0.4) is 0 Å². The summed E-state index contributed by atoms with van der Waals surface area (Å²) < 4.78 is 24.1. The molecule has 0 unspecified atom stereocenters. The summed E-state index contributed by atoms with van der Waals surface area (Å²) in [4.78, 5) is 50.9. The van der Waals surface area contributed by atoms with Gasteiger partial charge in [-0.15, -0.1) is 0 Å². The fourth-order valence-corrected chi connectivity index (χ4v) is 4.56. The lowest BCUT2D eigenvalue weighted by molar-refractivity contribution is -0.127. The summed E-state index contributed by atoms with van der Waals surface area (Å²) in [6, 6.07) is 17.5. The molecule has 1 aliphatic rings. The number of benzene rings is 3. The Kier molecular flexibility index (Phi) is 9.18. The van der Waals surface area contributed by atoms with Crippen LogP contribution < -0.4 is 20.1 Å². The monoisotopic (exact) mass is 563 g/mol. The van der Waals surface area contributed by atoms with Crippen LogP contribution in [0.25, 0.3) is 6.08 Å². The lowest BCUT2D eigenvalue weighted by Crippen LogP contribution is -2.36. The van der Waals surface area contributed by atoms with E-state index in [4.69, 9.17) is 9.47 Å². The first-order valence-corrected chi connectivity index (χ1v) is 13.1. The van der Waals surface area contributed by atoms with Crippen LogP contribution in [0.1, 0.15) is 18.1 Å². The third kappa shape index (κ3) is 7.26. The van der Waals surface area contributed by atoms with Gasteiger partial charge >= 0.3 is 0 Å². The van der Waals surface area contributed by atoms with Gasteiger partial charge in [0.25, 0.3) is 17.1 Å². The molecule has 4 rings (SSSR count). The summed E-state index contributed by atoms with van der Waals surface area (Å²) in [5.41, 5.74) is 2.71. The van der Waals surface area contributed by atoms with Gasteiger partial charge in [-0.25, -0.2) is 4.39 Å². The van der Waals surface area contributed by atoms with Crippen LogP contribution in [0, 0.1) is 5.82 Å². The smallest absolute Gasteiger partial charge is 0.294 e. The first kappa shape index (κ1) is 28.4. The van der Waals surface area contributed by atoms with Crippen LogP contribution in [0.4, 0.5) is 20.6 Å². The van der Waals surface area contributed by atoms with E-state index < -0.39 is 29.4 Å². The van der Waals surface area contributed by atoms with Crippen molar-refractivity contribution < 1.29 is 33.0 Å². The third-order valence-corrected chi connectivity index (χ3v) is 6.70. The number of ether oxygens (including phenoxy) is 2.